The third-order valence-electron chi connectivity index (χ3n) is 5.48. The quantitative estimate of drug-likeness (QED) is 0.508. The molecular formula is C23H31FN6O. The number of anilines is 3. The number of amides is 2. The third kappa shape index (κ3) is 5.65. The van der Waals surface area contributed by atoms with Gasteiger partial charge in [-0.05, 0) is 48.4 Å². The molecule has 166 valence electrons. The Morgan fingerprint density at radius 1 is 1.10 bits per heavy atom. The number of nitrogens with zero attached hydrogens (tertiary/aromatic N) is 3. The molecule has 0 aliphatic carbocycles. The molecule has 0 saturated carbocycles. The lowest BCUT2D eigenvalue weighted by atomic mass is 10.00. The van der Waals surface area contributed by atoms with Crippen LogP contribution in [0.15, 0.2) is 48.5 Å². The van der Waals surface area contributed by atoms with E-state index in [4.69, 9.17) is 5.41 Å². The highest BCUT2D eigenvalue weighted by Gasteiger charge is 2.33. The van der Waals surface area contributed by atoms with E-state index >= 15 is 0 Å². The van der Waals surface area contributed by atoms with Gasteiger partial charge in [0, 0.05) is 50.8 Å². The summed E-state index contributed by atoms with van der Waals surface area (Å²) in [5.74, 6) is 0.172. The van der Waals surface area contributed by atoms with Crippen molar-refractivity contribution in [1.82, 2.24) is 9.80 Å². The van der Waals surface area contributed by atoms with Gasteiger partial charge in [-0.15, -0.1) is 0 Å². The van der Waals surface area contributed by atoms with Gasteiger partial charge >= 0.3 is 6.03 Å². The second kappa shape index (κ2) is 9.68. The molecule has 0 spiro atoms. The number of hydrogen-bond donors (Lipinski definition) is 3. The first-order valence-corrected chi connectivity index (χ1v) is 10.5. The molecule has 0 radical (unpaired) electrons. The molecule has 1 aliphatic heterocycles. The Bertz CT molecular complexity index is 915. The molecule has 1 heterocycles. The summed E-state index contributed by atoms with van der Waals surface area (Å²) < 4.78 is 13.4. The van der Waals surface area contributed by atoms with Crippen LogP contribution in [-0.2, 0) is 0 Å². The van der Waals surface area contributed by atoms with Crippen molar-refractivity contribution in [2.45, 2.75) is 19.9 Å². The van der Waals surface area contributed by atoms with Crippen molar-refractivity contribution >= 4 is 29.1 Å². The molecule has 31 heavy (non-hydrogen) atoms. The molecule has 3 rings (SSSR count). The highest BCUT2D eigenvalue weighted by Crippen LogP contribution is 2.21. The topological polar surface area (TPSA) is 74.7 Å². The zero-order valence-corrected chi connectivity index (χ0v) is 18.5. The summed E-state index contributed by atoms with van der Waals surface area (Å²) >= 11 is 0. The van der Waals surface area contributed by atoms with Crippen LogP contribution in [0.25, 0.3) is 0 Å². The summed E-state index contributed by atoms with van der Waals surface area (Å²) in [7, 11) is 3.98. The Kier molecular flexibility index (Phi) is 6.99. The number of guanidine groups is 1. The predicted octanol–water partition coefficient (Wildman–Crippen LogP) is 4.11. The van der Waals surface area contributed by atoms with E-state index in [-0.39, 0.29) is 23.8 Å². The van der Waals surface area contributed by atoms with Crippen LogP contribution in [0.1, 0.15) is 13.8 Å². The van der Waals surface area contributed by atoms with Gasteiger partial charge in [-0.25, -0.2) is 9.18 Å². The summed E-state index contributed by atoms with van der Waals surface area (Å²) in [5.41, 5.74) is 2.38. The fourth-order valence-electron chi connectivity index (χ4n) is 3.66. The van der Waals surface area contributed by atoms with E-state index in [0.717, 1.165) is 11.4 Å². The van der Waals surface area contributed by atoms with Crippen molar-refractivity contribution in [3.63, 3.8) is 0 Å². The summed E-state index contributed by atoms with van der Waals surface area (Å²) in [5, 5.41) is 14.6. The van der Waals surface area contributed by atoms with Crippen molar-refractivity contribution < 1.29 is 9.18 Å². The minimum Gasteiger partial charge on any atom is -0.378 e. The Hall–Kier alpha value is -3.29. The minimum atomic E-state index is -0.388. The van der Waals surface area contributed by atoms with E-state index in [1.807, 2.05) is 48.2 Å². The van der Waals surface area contributed by atoms with Gasteiger partial charge in [-0.1, -0.05) is 19.9 Å². The Labute approximate surface area is 183 Å². The van der Waals surface area contributed by atoms with Gasteiger partial charge in [-0.2, -0.15) is 0 Å². The Morgan fingerprint density at radius 3 is 2.42 bits per heavy atom. The highest BCUT2D eigenvalue weighted by atomic mass is 19.1. The van der Waals surface area contributed by atoms with E-state index in [1.54, 1.807) is 17.0 Å². The van der Waals surface area contributed by atoms with E-state index in [9.17, 15) is 9.18 Å². The van der Waals surface area contributed by atoms with Gasteiger partial charge in [0.25, 0.3) is 0 Å². The molecule has 1 unspecified atom stereocenters. The van der Waals surface area contributed by atoms with Crippen molar-refractivity contribution in [3.8, 4) is 0 Å². The first-order chi connectivity index (χ1) is 14.7. The molecule has 1 aliphatic rings. The zero-order chi connectivity index (χ0) is 22.5. The number of piperazine rings is 1. The third-order valence-corrected chi connectivity index (χ3v) is 5.48. The van der Waals surface area contributed by atoms with Gasteiger partial charge in [0.05, 0.1) is 6.04 Å². The standard InChI is InChI=1S/C23H31FN6O/c1-16(2)21-15-29(23(31)27-19-7-5-6-17(24)14-19)12-13-30(21)22(25)26-18-8-10-20(11-9-18)28(3)4/h5-11,14,16,21H,12-13,15H2,1-4H3,(H2,25,26)(H,27,31). The normalized spacial score (nSPS) is 16.3. The van der Waals surface area contributed by atoms with Crippen LogP contribution in [0.2, 0.25) is 0 Å². The van der Waals surface area contributed by atoms with Crippen LogP contribution < -0.4 is 15.5 Å². The fourth-order valence-corrected chi connectivity index (χ4v) is 3.66. The average molecular weight is 427 g/mol. The van der Waals surface area contributed by atoms with Crippen molar-refractivity contribution in [1.29, 1.82) is 5.41 Å². The fraction of sp³-hybridized carbons (Fsp3) is 0.391. The van der Waals surface area contributed by atoms with Crippen LogP contribution in [0.4, 0.5) is 26.2 Å². The largest absolute Gasteiger partial charge is 0.378 e. The first kappa shape index (κ1) is 22.4. The predicted molar refractivity (Wildman–Crippen MR) is 124 cm³/mol. The van der Waals surface area contributed by atoms with Gasteiger partial charge in [0.2, 0.25) is 0 Å². The van der Waals surface area contributed by atoms with E-state index in [1.165, 1.54) is 12.1 Å². The zero-order valence-electron chi connectivity index (χ0n) is 18.5. The maximum absolute atomic E-state index is 13.4. The molecular weight excluding hydrogens is 395 g/mol. The van der Waals surface area contributed by atoms with Gasteiger partial charge in [-0.3, -0.25) is 5.41 Å². The molecule has 7 nitrogen and oxygen atoms in total. The number of urea groups is 1. The van der Waals surface area contributed by atoms with Crippen molar-refractivity contribution in [3.05, 3.63) is 54.3 Å². The summed E-state index contributed by atoms with van der Waals surface area (Å²) in [6.07, 6.45) is 0. The van der Waals surface area contributed by atoms with Crippen LogP contribution in [0.3, 0.4) is 0 Å². The van der Waals surface area contributed by atoms with Gasteiger partial charge in [0.15, 0.2) is 5.96 Å². The van der Waals surface area contributed by atoms with Crippen molar-refractivity contribution in [2.75, 3.05) is 49.3 Å². The molecule has 1 atom stereocenters. The lowest BCUT2D eigenvalue weighted by Crippen LogP contribution is -2.60. The summed E-state index contributed by atoms with van der Waals surface area (Å²) in [6.45, 7) is 5.69. The van der Waals surface area contributed by atoms with Crippen LogP contribution in [-0.4, -0.2) is 61.6 Å². The number of carbonyl (C=O) groups excluding carboxylic acids is 1. The molecule has 8 heteroatoms. The number of rotatable bonds is 4. The van der Waals surface area contributed by atoms with Crippen LogP contribution in [0, 0.1) is 17.1 Å². The molecule has 1 saturated heterocycles. The van der Waals surface area contributed by atoms with E-state index in [0.29, 0.717) is 31.3 Å². The maximum Gasteiger partial charge on any atom is 0.321 e. The van der Waals surface area contributed by atoms with E-state index < -0.39 is 0 Å². The minimum absolute atomic E-state index is 0.00643. The van der Waals surface area contributed by atoms with Gasteiger partial charge < -0.3 is 25.3 Å². The number of hydrogen-bond acceptors (Lipinski definition) is 3. The van der Waals surface area contributed by atoms with Crippen LogP contribution in [0.5, 0.6) is 0 Å². The smallest absolute Gasteiger partial charge is 0.321 e. The molecule has 2 aromatic carbocycles. The van der Waals surface area contributed by atoms with Gasteiger partial charge in [0.1, 0.15) is 5.82 Å². The van der Waals surface area contributed by atoms with Crippen LogP contribution >= 0.6 is 0 Å². The maximum atomic E-state index is 13.4. The summed E-state index contributed by atoms with van der Waals surface area (Å²) in [4.78, 5) is 18.5. The highest BCUT2D eigenvalue weighted by molar-refractivity contribution is 5.92. The number of nitrogens with one attached hydrogen (secondary N) is 3. The molecule has 0 bridgehead atoms. The molecule has 1 fully saturated rings. The molecule has 3 N–H and O–H groups in total. The molecule has 2 aromatic rings. The number of benzene rings is 2. The van der Waals surface area contributed by atoms with Crippen molar-refractivity contribution in [2.24, 2.45) is 5.92 Å². The number of halogens is 1. The number of carbonyl (C=O) groups is 1. The SMILES string of the molecule is CC(C)C1CN(C(=O)Nc2cccc(F)c2)CCN1C(=N)Nc1ccc(N(C)C)cc1. The Morgan fingerprint density at radius 2 is 1.81 bits per heavy atom. The molecule has 2 amide bonds. The lowest BCUT2D eigenvalue weighted by molar-refractivity contribution is 0.119. The Balaban J connectivity index is 1.63. The molecule has 0 aromatic heterocycles. The summed E-state index contributed by atoms with van der Waals surface area (Å²) in [6, 6.07) is 13.5. The second-order valence-corrected chi connectivity index (χ2v) is 8.31. The average Bonchev–Trinajstić information content (AvgIpc) is 2.73. The first-order valence-electron chi connectivity index (χ1n) is 10.5. The van der Waals surface area contributed by atoms with E-state index in [2.05, 4.69) is 24.5 Å². The second-order valence-electron chi connectivity index (χ2n) is 8.31. The lowest BCUT2D eigenvalue weighted by Gasteiger charge is -2.44. The monoisotopic (exact) mass is 426 g/mol.